The molecule has 0 amide bonds. The lowest BCUT2D eigenvalue weighted by molar-refractivity contribution is 0.410. The minimum atomic E-state index is 0.740. The second-order valence-corrected chi connectivity index (χ2v) is 8.85. The van der Waals surface area contributed by atoms with Crippen molar-refractivity contribution in [1.82, 2.24) is 15.0 Å². The normalized spacial score (nSPS) is 11.0. The number of rotatable bonds is 5. The SMILES string of the molecule is COc1ccc(-c2nccs2)cc1Cc1nc(-c2sc(C)nc2C)cs1. The summed E-state index contributed by atoms with van der Waals surface area (Å²) in [5.74, 6) is 0.881. The Kier molecular flexibility index (Phi) is 4.84. The van der Waals surface area contributed by atoms with E-state index in [0.717, 1.165) is 54.6 Å². The third kappa shape index (κ3) is 3.42. The molecule has 0 saturated carbocycles. The third-order valence-corrected chi connectivity index (χ3v) is 6.76. The van der Waals surface area contributed by atoms with Gasteiger partial charge in [-0.05, 0) is 32.0 Å². The zero-order valence-electron chi connectivity index (χ0n) is 14.6. The van der Waals surface area contributed by atoms with Crippen molar-refractivity contribution < 1.29 is 4.74 Å². The summed E-state index contributed by atoms with van der Waals surface area (Å²) in [4.78, 5) is 14.9. The fraction of sp³-hybridized carbons (Fsp3) is 0.211. The minimum absolute atomic E-state index is 0.740. The van der Waals surface area contributed by atoms with Crippen LogP contribution in [0.1, 0.15) is 21.3 Å². The number of hydrogen-bond acceptors (Lipinski definition) is 7. The van der Waals surface area contributed by atoms with Crippen LogP contribution in [0, 0.1) is 13.8 Å². The monoisotopic (exact) mass is 399 g/mol. The van der Waals surface area contributed by atoms with Crippen LogP contribution >= 0.6 is 34.0 Å². The molecule has 4 nitrogen and oxygen atoms in total. The molecule has 132 valence electrons. The average Bonchev–Trinajstić information content (AvgIpc) is 3.36. The third-order valence-electron chi connectivity index (χ3n) is 3.99. The molecule has 0 unspecified atom stereocenters. The van der Waals surface area contributed by atoms with E-state index >= 15 is 0 Å². The quantitative estimate of drug-likeness (QED) is 0.438. The fourth-order valence-electron chi connectivity index (χ4n) is 2.84. The summed E-state index contributed by atoms with van der Waals surface area (Å²) in [6.45, 7) is 4.07. The van der Waals surface area contributed by atoms with Gasteiger partial charge in [-0.1, -0.05) is 0 Å². The standard InChI is InChI=1S/C19H17N3OS3/c1-11-18(26-12(2)21-11)15-10-25-17(22-15)9-14-8-13(4-5-16(14)23-3)19-20-6-7-24-19/h4-8,10H,9H2,1-3H3. The first-order valence-corrected chi connectivity index (χ1v) is 10.7. The van der Waals surface area contributed by atoms with Crippen molar-refractivity contribution in [3.05, 3.63) is 56.4 Å². The molecule has 0 aliphatic carbocycles. The van der Waals surface area contributed by atoms with Gasteiger partial charge in [0.25, 0.3) is 0 Å². The number of methoxy groups -OCH3 is 1. The van der Waals surface area contributed by atoms with Gasteiger partial charge < -0.3 is 4.74 Å². The molecule has 0 saturated heterocycles. The van der Waals surface area contributed by atoms with E-state index < -0.39 is 0 Å². The Labute approximate surface area is 164 Å². The molecule has 3 aromatic heterocycles. The van der Waals surface area contributed by atoms with Crippen LogP contribution in [0.4, 0.5) is 0 Å². The molecule has 4 aromatic rings. The Bertz CT molecular complexity index is 1030. The minimum Gasteiger partial charge on any atom is -0.496 e. The molecule has 0 aliphatic heterocycles. The molecular weight excluding hydrogens is 382 g/mol. The fourth-order valence-corrected chi connectivity index (χ4v) is 5.24. The van der Waals surface area contributed by atoms with E-state index in [1.807, 2.05) is 31.5 Å². The maximum Gasteiger partial charge on any atom is 0.123 e. The molecule has 7 heteroatoms. The molecule has 0 N–H and O–H groups in total. The first-order valence-electron chi connectivity index (χ1n) is 8.09. The first-order chi connectivity index (χ1) is 12.6. The van der Waals surface area contributed by atoms with Crippen LogP contribution in [-0.2, 0) is 6.42 Å². The lowest BCUT2D eigenvalue weighted by Crippen LogP contribution is -1.94. The molecule has 0 radical (unpaired) electrons. The van der Waals surface area contributed by atoms with Crippen LogP contribution < -0.4 is 4.74 Å². The number of aromatic nitrogens is 3. The summed E-state index contributed by atoms with van der Waals surface area (Å²) in [6.07, 6.45) is 2.57. The van der Waals surface area contributed by atoms with Gasteiger partial charge in [0.2, 0.25) is 0 Å². The van der Waals surface area contributed by atoms with Crippen molar-refractivity contribution >= 4 is 34.0 Å². The average molecular weight is 400 g/mol. The molecular formula is C19H17N3OS3. The van der Waals surface area contributed by atoms with E-state index in [9.17, 15) is 0 Å². The maximum absolute atomic E-state index is 5.56. The van der Waals surface area contributed by atoms with E-state index in [2.05, 4.69) is 27.5 Å². The first kappa shape index (κ1) is 17.3. The highest BCUT2D eigenvalue weighted by molar-refractivity contribution is 7.16. The highest BCUT2D eigenvalue weighted by atomic mass is 32.1. The zero-order valence-corrected chi connectivity index (χ0v) is 17.1. The van der Waals surface area contributed by atoms with Crippen LogP contribution in [0.15, 0.2) is 35.2 Å². The summed E-state index contributed by atoms with van der Waals surface area (Å²) in [7, 11) is 1.71. The van der Waals surface area contributed by atoms with Gasteiger partial charge in [0, 0.05) is 34.5 Å². The van der Waals surface area contributed by atoms with Crippen LogP contribution in [0.25, 0.3) is 21.1 Å². The van der Waals surface area contributed by atoms with Gasteiger partial charge in [0.1, 0.15) is 10.8 Å². The molecule has 0 spiro atoms. The Hall–Kier alpha value is -2.09. The van der Waals surface area contributed by atoms with E-state index in [-0.39, 0.29) is 0 Å². The number of thiazole rings is 3. The Morgan fingerprint density at radius 2 is 2.00 bits per heavy atom. The predicted molar refractivity (Wildman–Crippen MR) is 110 cm³/mol. The van der Waals surface area contributed by atoms with Crippen LogP contribution in [-0.4, -0.2) is 22.1 Å². The Morgan fingerprint density at radius 3 is 2.69 bits per heavy atom. The lowest BCUT2D eigenvalue weighted by Gasteiger charge is -2.09. The molecule has 26 heavy (non-hydrogen) atoms. The highest BCUT2D eigenvalue weighted by Crippen LogP contribution is 2.33. The van der Waals surface area contributed by atoms with Crippen molar-refractivity contribution in [1.29, 1.82) is 0 Å². The molecule has 0 fully saturated rings. The molecule has 4 rings (SSSR count). The second kappa shape index (κ2) is 7.26. The summed E-state index contributed by atoms with van der Waals surface area (Å²) in [5, 5.41) is 7.27. The Balaban J connectivity index is 1.65. The Morgan fingerprint density at radius 1 is 1.12 bits per heavy atom. The summed E-state index contributed by atoms with van der Waals surface area (Å²) in [5.41, 5.74) is 4.30. The van der Waals surface area contributed by atoms with Gasteiger partial charge in [0.15, 0.2) is 0 Å². The molecule has 0 bridgehead atoms. The van der Waals surface area contributed by atoms with E-state index in [0.29, 0.717) is 0 Å². The van der Waals surface area contributed by atoms with Crippen molar-refractivity contribution in [2.45, 2.75) is 20.3 Å². The van der Waals surface area contributed by atoms with Crippen LogP contribution in [0.5, 0.6) is 5.75 Å². The van der Waals surface area contributed by atoms with Gasteiger partial charge in [-0.3, -0.25) is 0 Å². The molecule has 0 aliphatic rings. The lowest BCUT2D eigenvalue weighted by atomic mass is 10.1. The topological polar surface area (TPSA) is 47.9 Å². The van der Waals surface area contributed by atoms with E-state index in [1.54, 1.807) is 41.1 Å². The second-order valence-electron chi connectivity index (χ2n) is 5.81. The van der Waals surface area contributed by atoms with E-state index in [4.69, 9.17) is 9.72 Å². The van der Waals surface area contributed by atoms with Crippen LogP contribution in [0.3, 0.4) is 0 Å². The van der Waals surface area contributed by atoms with E-state index in [1.165, 1.54) is 0 Å². The smallest absolute Gasteiger partial charge is 0.123 e. The van der Waals surface area contributed by atoms with Gasteiger partial charge in [-0.25, -0.2) is 15.0 Å². The molecule has 0 atom stereocenters. The largest absolute Gasteiger partial charge is 0.496 e. The molecule has 1 aromatic carbocycles. The van der Waals surface area contributed by atoms with Gasteiger partial charge in [-0.15, -0.1) is 34.0 Å². The van der Waals surface area contributed by atoms with Crippen molar-refractivity contribution in [2.24, 2.45) is 0 Å². The van der Waals surface area contributed by atoms with Gasteiger partial charge in [-0.2, -0.15) is 0 Å². The van der Waals surface area contributed by atoms with Crippen molar-refractivity contribution in [3.63, 3.8) is 0 Å². The zero-order chi connectivity index (χ0) is 18.1. The van der Waals surface area contributed by atoms with Gasteiger partial charge in [0.05, 0.1) is 33.4 Å². The molecule has 3 heterocycles. The van der Waals surface area contributed by atoms with Gasteiger partial charge >= 0.3 is 0 Å². The van der Waals surface area contributed by atoms with Crippen molar-refractivity contribution in [3.8, 4) is 26.9 Å². The highest BCUT2D eigenvalue weighted by Gasteiger charge is 2.14. The number of benzene rings is 1. The number of hydrogen-bond donors (Lipinski definition) is 0. The summed E-state index contributed by atoms with van der Waals surface area (Å²) < 4.78 is 5.56. The maximum atomic E-state index is 5.56. The number of aryl methyl sites for hydroxylation is 2. The summed E-state index contributed by atoms with van der Waals surface area (Å²) in [6, 6.07) is 6.22. The predicted octanol–water partition coefficient (Wildman–Crippen LogP) is 5.61. The number of nitrogens with zero attached hydrogens (tertiary/aromatic N) is 3. The van der Waals surface area contributed by atoms with Crippen molar-refractivity contribution in [2.75, 3.05) is 7.11 Å². The van der Waals surface area contributed by atoms with Crippen LogP contribution in [0.2, 0.25) is 0 Å². The summed E-state index contributed by atoms with van der Waals surface area (Å²) >= 11 is 5.02. The number of ether oxygens (including phenoxy) is 1.